The molecule has 1 amide bonds. The van der Waals surface area contributed by atoms with Crippen molar-refractivity contribution < 1.29 is 14.6 Å². The van der Waals surface area contributed by atoms with Crippen LogP contribution in [0.15, 0.2) is 23.2 Å². The van der Waals surface area contributed by atoms with Crippen molar-refractivity contribution in [3.05, 3.63) is 23.9 Å². The van der Waals surface area contributed by atoms with E-state index in [0.29, 0.717) is 18.7 Å². The highest BCUT2D eigenvalue weighted by molar-refractivity contribution is 7.99. The zero-order valence-corrected chi connectivity index (χ0v) is 17.0. The maximum absolute atomic E-state index is 11.6. The van der Waals surface area contributed by atoms with E-state index in [1.807, 2.05) is 39.0 Å². The summed E-state index contributed by atoms with van der Waals surface area (Å²) in [7, 11) is 0. The maximum Gasteiger partial charge on any atom is 0.407 e. The normalized spacial score (nSPS) is 16.9. The van der Waals surface area contributed by atoms with E-state index in [-0.39, 0.29) is 0 Å². The van der Waals surface area contributed by atoms with Crippen LogP contribution >= 0.6 is 11.8 Å². The second-order valence-corrected chi connectivity index (χ2v) is 8.99. The molecular formula is C20H32N2O3S. The number of aliphatic hydroxyl groups excluding tert-OH is 1. The van der Waals surface area contributed by atoms with Gasteiger partial charge in [-0.3, -0.25) is 0 Å². The summed E-state index contributed by atoms with van der Waals surface area (Å²) in [6, 6.07) is 5.78. The number of hydrogen-bond donors (Lipinski definition) is 2. The van der Waals surface area contributed by atoms with E-state index in [2.05, 4.69) is 10.3 Å². The van der Waals surface area contributed by atoms with Crippen molar-refractivity contribution in [1.29, 1.82) is 0 Å². The minimum Gasteiger partial charge on any atom is -0.444 e. The summed E-state index contributed by atoms with van der Waals surface area (Å²) in [5.41, 5.74) is 0.137. The Bertz CT molecular complexity index is 568. The van der Waals surface area contributed by atoms with Crippen molar-refractivity contribution in [2.45, 2.75) is 76.0 Å². The van der Waals surface area contributed by atoms with Crippen molar-refractivity contribution in [2.24, 2.45) is 5.92 Å². The third-order valence-corrected chi connectivity index (χ3v) is 5.53. The zero-order valence-electron chi connectivity index (χ0n) is 16.2. The number of aromatic nitrogens is 1. The Kier molecular flexibility index (Phi) is 8.22. The first-order valence-corrected chi connectivity index (χ1v) is 10.6. The Morgan fingerprint density at radius 2 is 2.08 bits per heavy atom. The maximum atomic E-state index is 11.6. The van der Waals surface area contributed by atoms with Crippen molar-refractivity contribution in [1.82, 2.24) is 10.3 Å². The molecule has 1 atom stereocenters. The molecule has 1 aromatic rings. The van der Waals surface area contributed by atoms with Crippen LogP contribution in [0.25, 0.3) is 0 Å². The number of nitrogens with one attached hydrogen (secondary N) is 1. The summed E-state index contributed by atoms with van der Waals surface area (Å²) >= 11 is 1.78. The van der Waals surface area contributed by atoms with Crippen LogP contribution in [0.4, 0.5) is 4.79 Å². The van der Waals surface area contributed by atoms with Gasteiger partial charge in [-0.25, -0.2) is 9.78 Å². The zero-order chi connectivity index (χ0) is 19.0. The molecule has 26 heavy (non-hydrogen) atoms. The van der Waals surface area contributed by atoms with Gasteiger partial charge < -0.3 is 15.2 Å². The van der Waals surface area contributed by atoms with Gasteiger partial charge in [0.1, 0.15) is 5.60 Å². The molecule has 0 aromatic carbocycles. The number of amides is 1. The van der Waals surface area contributed by atoms with E-state index in [4.69, 9.17) is 4.74 Å². The Morgan fingerprint density at radius 3 is 2.77 bits per heavy atom. The van der Waals surface area contributed by atoms with Crippen LogP contribution in [0.5, 0.6) is 0 Å². The fourth-order valence-corrected chi connectivity index (χ4v) is 4.11. The lowest BCUT2D eigenvalue weighted by molar-refractivity contribution is 0.0517. The number of rotatable bonds is 7. The highest BCUT2D eigenvalue weighted by Gasteiger charge is 2.17. The predicted molar refractivity (Wildman–Crippen MR) is 105 cm³/mol. The number of pyridine rings is 1. The Morgan fingerprint density at radius 1 is 1.35 bits per heavy atom. The quantitative estimate of drug-likeness (QED) is 0.671. The molecule has 1 aliphatic carbocycles. The number of hydrogen-bond acceptors (Lipinski definition) is 5. The summed E-state index contributed by atoms with van der Waals surface area (Å²) in [4.78, 5) is 16.2. The molecule has 1 fully saturated rings. The van der Waals surface area contributed by atoms with Crippen molar-refractivity contribution in [3.8, 4) is 0 Å². The Labute approximate surface area is 161 Å². The van der Waals surface area contributed by atoms with Gasteiger partial charge >= 0.3 is 6.09 Å². The van der Waals surface area contributed by atoms with E-state index in [1.54, 1.807) is 11.8 Å². The fourth-order valence-electron chi connectivity index (χ4n) is 3.03. The van der Waals surface area contributed by atoms with Gasteiger partial charge in [0.05, 0.1) is 16.8 Å². The van der Waals surface area contributed by atoms with E-state index in [0.717, 1.165) is 16.7 Å². The van der Waals surface area contributed by atoms with Crippen molar-refractivity contribution in [2.75, 3.05) is 12.3 Å². The van der Waals surface area contributed by atoms with Crippen LogP contribution in [0.2, 0.25) is 0 Å². The lowest BCUT2D eigenvalue weighted by atomic mass is 9.91. The second-order valence-electron chi connectivity index (χ2n) is 7.95. The molecule has 0 aliphatic heterocycles. The molecule has 2 N–H and O–H groups in total. The van der Waals surface area contributed by atoms with Gasteiger partial charge in [0.2, 0.25) is 0 Å². The van der Waals surface area contributed by atoms with E-state index in [1.165, 1.54) is 32.1 Å². The molecule has 1 saturated carbocycles. The van der Waals surface area contributed by atoms with Gasteiger partial charge in [-0.15, -0.1) is 11.8 Å². The van der Waals surface area contributed by atoms with Gasteiger partial charge in [-0.05, 0) is 58.1 Å². The number of carbonyl (C=O) groups is 1. The second kappa shape index (κ2) is 10.2. The molecular weight excluding hydrogens is 348 g/mol. The molecule has 5 nitrogen and oxygen atoms in total. The highest BCUT2D eigenvalue weighted by Crippen LogP contribution is 2.29. The lowest BCUT2D eigenvalue weighted by Gasteiger charge is -2.21. The Hall–Kier alpha value is -1.27. The number of carbonyl (C=O) groups excluding carboxylic acids is 1. The molecule has 0 spiro atoms. The molecule has 1 aliphatic rings. The molecule has 0 radical (unpaired) electrons. The van der Waals surface area contributed by atoms with E-state index in [9.17, 15) is 9.90 Å². The van der Waals surface area contributed by atoms with Crippen LogP contribution in [0.3, 0.4) is 0 Å². The first-order valence-electron chi connectivity index (χ1n) is 9.58. The largest absolute Gasteiger partial charge is 0.444 e. The van der Waals surface area contributed by atoms with Gasteiger partial charge in [0.15, 0.2) is 0 Å². The molecule has 1 heterocycles. The summed E-state index contributed by atoms with van der Waals surface area (Å²) in [6.45, 7) is 5.81. The van der Waals surface area contributed by atoms with Crippen LogP contribution in [-0.2, 0) is 4.74 Å². The van der Waals surface area contributed by atoms with Gasteiger partial charge in [0, 0.05) is 12.3 Å². The smallest absolute Gasteiger partial charge is 0.407 e. The molecule has 0 bridgehead atoms. The van der Waals surface area contributed by atoms with E-state index < -0.39 is 17.8 Å². The SMILES string of the molecule is CC(C)(C)OC(=O)NCC[C@@H](O)c1cccc(SCC2CCCCC2)n1. The van der Waals surface area contributed by atoms with Crippen LogP contribution in [0, 0.1) is 5.92 Å². The van der Waals surface area contributed by atoms with Gasteiger partial charge in [-0.2, -0.15) is 0 Å². The number of aliphatic hydroxyl groups is 1. The van der Waals surface area contributed by atoms with Gasteiger partial charge in [0.25, 0.3) is 0 Å². The standard InChI is InChI=1S/C20H32N2O3S/c1-20(2,3)25-19(24)21-13-12-17(23)16-10-7-11-18(22-16)26-14-15-8-5-4-6-9-15/h7,10-11,15,17,23H,4-6,8-9,12-14H2,1-3H3,(H,21,24)/t17-/m1/s1. The average molecular weight is 381 g/mol. The average Bonchev–Trinajstić information content (AvgIpc) is 2.59. The lowest BCUT2D eigenvalue weighted by Crippen LogP contribution is -2.33. The predicted octanol–water partition coefficient (Wildman–Crippen LogP) is 4.70. The van der Waals surface area contributed by atoms with Gasteiger partial charge in [-0.1, -0.05) is 25.3 Å². The highest BCUT2D eigenvalue weighted by atomic mass is 32.2. The minimum absolute atomic E-state index is 0.344. The molecule has 0 unspecified atom stereocenters. The summed E-state index contributed by atoms with van der Waals surface area (Å²) < 4.78 is 5.18. The summed E-state index contributed by atoms with van der Waals surface area (Å²) in [5.74, 6) is 1.90. The first kappa shape index (κ1) is 21.0. The Balaban J connectivity index is 1.76. The first-order chi connectivity index (χ1) is 12.3. The molecule has 146 valence electrons. The topological polar surface area (TPSA) is 71.5 Å². The number of nitrogens with zero attached hydrogens (tertiary/aromatic N) is 1. The third kappa shape index (κ3) is 7.96. The van der Waals surface area contributed by atoms with E-state index >= 15 is 0 Å². The molecule has 0 saturated heterocycles. The molecule has 2 rings (SSSR count). The molecule has 6 heteroatoms. The minimum atomic E-state index is -0.694. The number of alkyl carbamates (subject to hydrolysis) is 1. The van der Waals surface area contributed by atoms with Crippen molar-refractivity contribution >= 4 is 17.9 Å². The van der Waals surface area contributed by atoms with Crippen LogP contribution < -0.4 is 5.32 Å². The van der Waals surface area contributed by atoms with Crippen molar-refractivity contribution in [3.63, 3.8) is 0 Å². The fraction of sp³-hybridized carbons (Fsp3) is 0.700. The molecule has 1 aromatic heterocycles. The number of ether oxygens (including phenoxy) is 1. The summed E-state index contributed by atoms with van der Waals surface area (Å²) in [6.07, 6.45) is 5.97. The monoisotopic (exact) mass is 380 g/mol. The van der Waals surface area contributed by atoms with Crippen LogP contribution in [-0.4, -0.2) is 34.1 Å². The number of thioether (sulfide) groups is 1. The van der Waals surface area contributed by atoms with Crippen LogP contribution in [0.1, 0.15) is 71.1 Å². The third-order valence-electron chi connectivity index (χ3n) is 4.36. The summed E-state index contributed by atoms with van der Waals surface area (Å²) in [5, 5.41) is 14.0.